The van der Waals surface area contributed by atoms with E-state index in [-0.39, 0.29) is 11.9 Å². The van der Waals surface area contributed by atoms with Crippen molar-refractivity contribution in [3.63, 3.8) is 0 Å². The first kappa shape index (κ1) is 14.6. The molecule has 0 spiro atoms. The number of anilines is 1. The molecule has 0 bridgehead atoms. The Morgan fingerprint density at radius 1 is 1.29 bits per heavy atom. The molecule has 6 nitrogen and oxygen atoms in total. The van der Waals surface area contributed by atoms with Crippen LogP contribution in [0.15, 0.2) is 36.5 Å². The number of nitrogen functional groups attached to an aromatic ring is 1. The van der Waals surface area contributed by atoms with Crippen molar-refractivity contribution in [1.82, 2.24) is 15.0 Å². The molecule has 3 aromatic heterocycles. The van der Waals surface area contributed by atoms with Gasteiger partial charge >= 0.3 is 5.97 Å². The molecule has 7 heteroatoms. The van der Waals surface area contributed by atoms with Gasteiger partial charge in [0.25, 0.3) is 0 Å². The van der Waals surface area contributed by atoms with Gasteiger partial charge in [-0.3, -0.25) is 0 Å². The summed E-state index contributed by atoms with van der Waals surface area (Å²) in [5.74, 6) is -0.177. The summed E-state index contributed by atoms with van der Waals surface area (Å²) >= 11 is 1.26. The summed E-state index contributed by atoms with van der Waals surface area (Å²) in [6, 6.07) is 9.73. The van der Waals surface area contributed by atoms with E-state index in [0.717, 1.165) is 21.9 Å². The number of nitrogens with zero attached hydrogens (tertiary/aromatic N) is 2. The van der Waals surface area contributed by atoms with Crippen molar-refractivity contribution >= 4 is 44.4 Å². The van der Waals surface area contributed by atoms with Crippen LogP contribution in [-0.4, -0.2) is 27.5 Å². The zero-order chi connectivity index (χ0) is 16.7. The molecule has 0 atom stereocenters. The molecule has 1 aromatic carbocycles. The maximum absolute atomic E-state index is 12.0. The Morgan fingerprint density at radius 3 is 2.96 bits per heavy atom. The predicted molar refractivity (Wildman–Crippen MR) is 95.1 cm³/mol. The number of nitrogens with two attached hydrogens (primary N) is 1. The smallest absolute Gasteiger partial charge is 0.348 e. The fraction of sp³-hybridized carbons (Fsp3) is 0.118. The molecule has 0 saturated carbocycles. The van der Waals surface area contributed by atoms with Crippen molar-refractivity contribution in [2.45, 2.75) is 6.92 Å². The third kappa shape index (κ3) is 2.30. The number of aromatic amines is 1. The van der Waals surface area contributed by atoms with Crippen LogP contribution in [0.1, 0.15) is 16.6 Å². The van der Waals surface area contributed by atoms with Crippen LogP contribution in [0.2, 0.25) is 0 Å². The number of fused-ring (bicyclic) bond motifs is 2. The molecule has 3 heterocycles. The molecule has 0 unspecified atom stereocenters. The van der Waals surface area contributed by atoms with Gasteiger partial charge in [-0.25, -0.2) is 14.8 Å². The van der Waals surface area contributed by atoms with Crippen molar-refractivity contribution in [1.29, 1.82) is 0 Å². The highest BCUT2D eigenvalue weighted by molar-refractivity contribution is 7.20. The second-order valence-corrected chi connectivity index (χ2v) is 6.26. The average molecular weight is 338 g/mol. The van der Waals surface area contributed by atoms with E-state index in [1.807, 2.05) is 30.5 Å². The number of para-hydroxylation sites is 1. The third-order valence-electron chi connectivity index (χ3n) is 3.73. The highest BCUT2D eigenvalue weighted by atomic mass is 32.1. The van der Waals surface area contributed by atoms with Crippen LogP contribution in [0.5, 0.6) is 0 Å². The Morgan fingerprint density at radius 2 is 2.12 bits per heavy atom. The highest BCUT2D eigenvalue weighted by Crippen LogP contribution is 2.36. The first-order chi connectivity index (χ1) is 11.7. The zero-order valence-corrected chi connectivity index (χ0v) is 13.7. The van der Waals surface area contributed by atoms with Crippen LogP contribution in [0, 0.1) is 0 Å². The number of nitrogens with one attached hydrogen (secondary N) is 1. The third-order valence-corrected chi connectivity index (χ3v) is 4.74. The average Bonchev–Trinajstić information content (AvgIpc) is 3.18. The summed E-state index contributed by atoms with van der Waals surface area (Å²) in [7, 11) is 0. The Bertz CT molecular complexity index is 1070. The standard InChI is InChI=1S/C17H14N4O2S/c1-2-23-16(22)13-7-10-14(20-17(18)21-15(10)24-13)11-8-19-12-6-4-3-5-9(11)12/h3-8,19H,2H2,1H3,(H2,18,20,21). The van der Waals surface area contributed by atoms with Crippen molar-refractivity contribution in [2.75, 3.05) is 12.3 Å². The van der Waals surface area contributed by atoms with Crippen LogP contribution < -0.4 is 5.73 Å². The van der Waals surface area contributed by atoms with Crippen LogP contribution in [-0.2, 0) is 4.74 Å². The number of esters is 1. The fourth-order valence-corrected chi connectivity index (χ4v) is 3.65. The van der Waals surface area contributed by atoms with Crippen LogP contribution in [0.4, 0.5) is 5.95 Å². The van der Waals surface area contributed by atoms with Gasteiger partial charge in [-0.15, -0.1) is 11.3 Å². The largest absolute Gasteiger partial charge is 0.462 e. The van der Waals surface area contributed by atoms with E-state index in [2.05, 4.69) is 15.0 Å². The molecule has 4 aromatic rings. The molecule has 0 aliphatic rings. The Balaban J connectivity index is 1.96. The van der Waals surface area contributed by atoms with Crippen LogP contribution >= 0.6 is 11.3 Å². The van der Waals surface area contributed by atoms with Gasteiger partial charge in [-0.2, -0.15) is 0 Å². The number of hydrogen-bond acceptors (Lipinski definition) is 6. The first-order valence-corrected chi connectivity index (χ1v) is 8.29. The summed E-state index contributed by atoms with van der Waals surface area (Å²) in [6.07, 6.45) is 1.90. The molecule has 0 aliphatic carbocycles. The first-order valence-electron chi connectivity index (χ1n) is 7.48. The lowest BCUT2D eigenvalue weighted by molar-refractivity contribution is 0.0532. The summed E-state index contributed by atoms with van der Waals surface area (Å²) < 4.78 is 5.07. The van der Waals surface area contributed by atoms with E-state index in [1.54, 1.807) is 13.0 Å². The van der Waals surface area contributed by atoms with Gasteiger partial charge < -0.3 is 15.5 Å². The zero-order valence-electron chi connectivity index (χ0n) is 12.9. The normalized spacial score (nSPS) is 11.2. The summed E-state index contributed by atoms with van der Waals surface area (Å²) in [5.41, 5.74) is 8.53. The van der Waals surface area contributed by atoms with Crippen LogP contribution in [0.25, 0.3) is 32.4 Å². The van der Waals surface area contributed by atoms with E-state index in [0.29, 0.717) is 22.0 Å². The molecular formula is C17H14N4O2S. The SMILES string of the molecule is CCOC(=O)c1cc2c(-c3c[nH]c4ccccc34)nc(N)nc2s1. The van der Waals surface area contributed by atoms with Crippen molar-refractivity contribution in [3.05, 3.63) is 41.4 Å². The number of benzene rings is 1. The number of H-pyrrole nitrogens is 1. The van der Waals surface area contributed by atoms with Crippen molar-refractivity contribution in [2.24, 2.45) is 0 Å². The lowest BCUT2D eigenvalue weighted by Crippen LogP contribution is -2.01. The van der Waals surface area contributed by atoms with Crippen LogP contribution in [0.3, 0.4) is 0 Å². The number of hydrogen-bond donors (Lipinski definition) is 2. The minimum absolute atomic E-state index is 0.181. The number of thiophene rings is 1. The minimum atomic E-state index is -0.357. The van der Waals surface area contributed by atoms with E-state index >= 15 is 0 Å². The molecule has 3 N–H and O–H groups in total. The minimum Gasteiger partial charge on any atom is -0.462 e. The monoisotopic (exact) mass is 338 g/mol. The molecule has 0 aliphatic heterocycles. The summed E-state index contributed by atoms with van der Waals surface area (Å²) in [5, 5.41) is 1.84. The number of rotatable bonds is 3. The van der Waals surface area contributed by atoms with E-state index in [9.17, 15) is 4.79 Å². The lowest BCUT2D eigenvalue weighted by Gasteiger charge is -2.02. The summed E-state index contributed by atoms with van der Waals surface area (Å²) in [6.45, 7) is 2.11. The van der Waals surface area contributed by atoms with Crippen molar-refractivity contribution in [3.8, 4) is 11.3 Å². The molecule has 0 amide bonds. The fourth-order valence-electron chi connectivity index (χ4n) is 2.71. The molecule has 0 saturated heterocycles. The Kier molecular flexibility index (Phi) is 3.42. The van der Waals surface area contributed by atoms with Gasteiger partial charge in [0.1, 0.15) is 9.71 Å². The van der Waals surface area contributed by atoms with E-state index in [1.165, 1.54) is 11.3 Å². The maximum Gasteiger partial charge on any atom is 0.348 e. The maximum atomic E-state index is 12.0. The Labute approximate surface area is 141 Å². The van der Waals surface area contributed by atoms with Gasteiger partial charge in [0.2, 0.25) is 5.95 Å². The molecular weight excluding hydrogens is 324 g/mol. The number of carbonyl (C=O) groups is 1. The molecule has 24 heavy (non-hydrogen) atoms. The predicted octanol–water partition coefficient (Wildman–Crippen LogP) is 3.60. The number of carbonyl (C=O) groups excluding carboxylic acids is 1. The topological polar surface area (TPSA) is 93.9 Å². The summed E-state index contributed by atoms with van der Waals surface area (Å²) in [4.78, 5) is 25.1. The quantitative estimate of drug-likeness (QED) is 0.557. The van der Waals surface area contributed by atoms with Gasteiger partial charge in [-0.1, -0.05) is 18.2 Å². The molecule has 0 radical (unpaired) electrons. The van der Waals surface area contributed by atoms with Gasteiger partial charge in [0, 0.05) is 28.0 Å². The van der Waals surface area contributed by atoms with Crippen molar-refractivity contribution < 1.29 is 9.53 Å². The molecule has 4 rings (SSSR count). The molecule has 0 fully saturated rings. The van der Waals surface area contributed by atoms with Gasteiger partial charge in [-0.05, 0) is 19.1 Å². The van der Waals surface area contributed by atoms with E-state index < -0.39 is 0 Å². The highest BCUT2D eigenvalue weighted by Gasteiger charge is 2.18. The van der Waals surface area contributed by atoms with Gasteiger partial charge in [0.05, 0.1) is 12.3 Å². The van der Waals surface area contributed by atoms with E-state index in [4.69, 9.17) is 10.5 Å². The Hall–Kier alpha value is -2.93. The molecule has 120 valence electrons. The second-order valence-electron chi connectivity index (χ2n) is 5.23. The number of ether oxygens (including phenoxy) is 1. The second kappa shape index (κ2) is 5.61. The number of aromatic nitrogens is 3. The lowest BCUT2D eigenvalue weighted by atomic mass is 10.1. The van der Waals surface area contributed by atoms with Gasteiger partial charge in [0.15, 0.2) is 0 Å².